The first-order valence-electron chi connectivity index (χ1n) is 5.04. The van der Waals surface area contributed by atoms with Crippen molar-refractivity contribution in [1.29, 1.82) is 0 Å². The van der Waals surface area contributed by atoms with E-state index < -0.39 is 11.7 Å². The minimum atomic E-state index is -4.30. The van der Waals surface area contributed by atoms with Crippen molar-refractivity contribution in [2.75, 3.05) is 6.54 Å². The number of halogens is 4. The molecule has 1 N–H and O–H groups in total. The maximum atomic E-state index is 12.5. The number of hydrogen-bond donors (Lipinski definition) is 1. The fourth-order valence-corrected chi connectivity index (χ4v) is 1.53. The molecule has 0 saturated carbocycles. The van der Waals surface area contributed by atoms with Crippen molar-refractivity contribution < 1.29 is 13.2 Å². The number of rotatable bonds is 4. The van der Waals surface area contributed by atoms with Crippen LogP contribution in [0.15, 0.2) is 35.3 Å². The van der Waals surface area contributed by atoms with Crippen molar-refractivity contribution in [3.05, 3.63) is 46.5 Å². The summed E-state index contributed by atoms with van der Waals surface area (Å²) in [6.45, 7) is 5.97. The second kappa shape index (κ2) is 5.69. The Labute approximate surface area is 107 Å². The third-order valence-electron chi connectivity index (χ3n) is 2.31. The standard InChI is InChI=1S/C12H13BrF3N/c1-8(13)7-17-9(2)10-4-3-5-11(6-10)12(14,15)16/h3-6,9,17H,1,7H2,2H3. The molecule has 1 nitrogen and oxygen atoms in total. The highest BCUT2D eigenvalue weighted by Gasteiger charge is 2.30. The van der Waals surface area contributed by atoms with Crippen molar-refractivity contribution in [3.63, 3.8) is 0 Å². The van der Waals surface area contributed by atoms with Crippen molar-refractivity contribution in [2.24, 2.45) is 0 Å². The van der Waals surface area contributed by atoms with Gasteiger partial charge in [0.1, 0.15) is 0 Å². The van der Waals surface area contributed by atoms with Gasteiger partial charge in [-0.05, 0) is 24.6 Å². The monoisotopic (exact) mass is 307 g/mol. The highest BCUT2D eigenvalue weighted by atomic mass is 79.9. The van der Waals surface area contributed by atoms with Crippen molar-refractivity contribution >= 4 is 15.9 Å². The molecule has 1 rings (SSSR count). The van der Waals surface area contributed by atoms with E-state index in [-0.39, 0.29) is 6.04 Å². The van der Waals surface area contributed by atoms with Gasteiger partial charge in [0, 0.05) is 17.1 Å². The topological polar surface area (TPSA) is 12.0 Å². The van der Waals surface area contributed by atoms with E-state index in [0.717, 1.165) is 16.6 Å². The molecule has 0 fully saturated rings. The molecule has 94 valence electrons. The Kier molecular flexibility index (Phi) is 4.77. The van der Waals surface area contributed by atoms with Crippen LogP contribution in [0.2, 0.25) is 0 Å². The molecule has 1 aromatic carbocycles. The van der Waals surface area contributed by atoms with Gasteiger partial charge in [-0.1, -0.05) is 34.6 Å². The molecule has 1 atom stereocenters. The van der Waals surface area contributed by atoms with Gasteiger partial charge in [0.2, 0.25) is 0 Å². The summed E-state index contributed by atoms with van der Waals surface area (Å²) >= 11 is 3.18. The molecule has 0 aromatic heterocycles. The summed E-state index contributed by atoms with van der Waals surface area (Å²) < 4.78 is 38.3. The summed E-state index contributed by atoms with van der Waals surface area (Å²) in [7, 11) is 0. The quantitative estimate of drug-likeness (QED) is 0.876. The van der Waals surface area contributed by atoms with Gasteiger partial charge in [0.15, 0.2) is 0 Å². The molecule has 0 aliphatic rings. The molecule has 0 saturated heterocycles. The second-order valence-corrected chi connectivity index (χ2v) is 4.86. The minimum Gasteiger partial charge on any atom is -0.306 e. The third kappa shape index (κ3) is 4.52. The van der Waals surface area contributed by atoms with E-state index in [1.807, 2.05) is 6.92 Å². The lowest BCUT2D eigenvalue weighted by Gasteiger charge is -2.15. The van der Waals surface area contributed by atoms with Crippen molar-refractivity contribution in [3.8, 4) is 0 Å². The van der Waals surface area contributed by atoms with Crippen LogP contribution in [0.1, 0.15) is 24.1 Å². The van der Waals surface area contributed by atoms with Crippen molar-refractivity contribution in [1.82, 2.24) is 5.32 Å². The van der Waals surface area contributed by atoms with Gasteiger partial charge in [0.25, 0.3) is 0 Å². The van der Waals surface area contributed by atoms with Crippen LogP contribution in [0.4, 0.5) is 13.2 Å². The Morgan fingerprint density at radius 3 is 2.65 bits per heavy atom. The van der Waals surface area contributed by atoms with Gasteiger partial charge in [-0.25, -0.2) is 0 Å². The molecule has 0 bridgehead atoms. The average molecular weight is 308 g/mol. The normalized spacial score (nSPS) is 13.5. The zero-order valence-electron chi connectivity index (χ0n) is 9.31. The Hall–Kier alpha value is -0.810. The maximum absolute atomic E-state index is 12.5. The fraction of sp³-hybridized carbons (Fsp3) is 0.333. The van der Waals surface area contributed by atoms with Crippen LogP contribution in [-0.4, -0.2) is 6.54 Å². The summed E-state index contributed by atoms with van der Waals surface area (Å²) in [6.07, 6.45) is -4.30. The highest BCUT2D eigenvalue weighted by molar-refractivity contribution is 9.11. The second-order valence-electron chi connectivity index (χ2n) is 3.74. The first kappa shape index (κ1) is 14.3. The number of hydrogen-bond acceptors (Lipinski definition) is 1. The van der Waals surface area contributed by atoms with E-state index in [0.29, 0.717) is 12.1 Å². The van der Waals surface area contributed by atoms with E-state index in [4.69, 9.17) is 0 Å². The smallest absolute Gasteiger partial charge is 0.306 e. The summed E-state index contributed by atoms with van der Waals surface area (Å²) in [4.78, 5) is 0. The van der Waals surface area contributed by atoms with E-state index in [1.165, 1.54) is 6.07 Å². The van der Waals surface area contributed by atoms with E-state index >= 15 is 0 Å². The van der Waals surface area contributed by atoms with Gasteiger partial charge in [-0.15, -0.1) is 0 Å². The van der Waals surface area contributed by atoms with Gasteiger partial charge in [0.05, 0.1) is 5.56 Å². The highest BCUT2D eigenvalue weighted by Crippen LogP contribution is 2.30. The van der Waals surface area contributed by atoms with Gasteiger partial charge < -0.3 is 5.32 Å². The maximum Gasteiger partial charge on any atom is 0.416 e. The Bertz CT molecular complexity index is 401. The number of benzene rings is 1. The third-order valence-corrected chi connectivity index (χ3v) is 2.59. The van der Waals surface area contributed by atoms with Gasteiger partial charge in [-0.3, -0.25) is 0 Å². The lowest BCUT2D eigenvalue weighted by Crippen LogP contribution is -2.20. The molecule has 1 unspecified atom stereocenters. The van der Waals surface area contributed by atoms with Gasteiger partial charge >= 0.3 is 6.18 Å². The SMILES string of the molecule is C=C(Br)CNC(C)c1cccc(C(F)(F)F)c1. The molecule has 0 heterocycles. The van der Waals surface area contributed by atoms with Crippen LogP contribution in [0, 0.1) is 0 Å². The predicted molar refractivity (Wildman–Crippen MR) is 65.9 cm³/mol. The zero-order valence-corrected chi connectivity index (χ0v) is 10.9. The molecule has 0 aliphatic carbocycles. The summed E-state index contributed by atoms with van der Waals surface area (Å²) in [5.74, 6) is 0. The number of alkyl halides is 3. The predicted octanol–water partition coefficient (Wildman–Crippen LogP) is 4.26. The molecule has 5 heteroatoms. The Morgan fingerprint density at radius 1 is 1.47 bits per heavy atom. The Morgan fingerprint density at radius 2 is 2.12 bits per heavy atom. The lowest BCUT2D eigenvalue weighted by molar-refractivity contribution is -0.137. The lowest BCUT2D eigenvalue weighted by atomic mass is 10.0. The zero-order chi connectivity index (χ0) is 13.1. The molecule has 0 amide bonds. The van der Waals surface area contributed by atoms with Crippen LogP contribution in [0.25, 0.3) is 0 Å². The van der Waals surface area contributed by atoms with E-state index in [2.05, 4.69) is 27.8 Å². The van der Waals surface area contributed by atoms with E-state index in [9.17, 15) is 13.2 Å². The summed E-state index contributed by atoms with van der Waals surface area (Å²) in [5.41, 5.74) is -0.0186. The first-order chi connectivity index (χ1) is 7.80. The molecular formula is C12H13BrF3N. The van der Waals surface area contributed by atoms with Crippen LogP contribution in [0.5, 0.6) is 0 Å². The van der Waals surface area contributed by atoms with Crippen molar-refractivity contribution in [2.45, 2.75) is 19.1 Å². The molecule has 0 aliphatic heterocycles. The summed E-state index contributed by atoms with van der Waals surface area (Å²) in [6, 6.07) is 5.16. The largest absolute Gasteiger partial charge is 0.416 e. The van der Waals surface area contributed by atoms with Crippen LogP contribution in [0.3, 0.4) is 0 Å². The molecule has 0 radical (unpaired) electrons. The average Bonchev–Trinajstić information content (AvgIpc) is 2.25. The van der Waals surface area contributed by atoms with Gasteiger partial charge in [-0.2, -0.15) is 13.2 Å². The van der Waals surface area contributed by atoms with E-state index in [1.54, 1.807) is 6.07 Å². The summed E-state index contributed by atoms with van der Waals surface area (Å²) in [5, 5.41) is 3.06. The molecule has 0 spiro atoms. The first-order valence-corrected chi connectivity index (χ1v) is 5.84. The molecule has 17 heavy (non-hydrogen) atoms. The van der Waals surface area contributed by atoms with Crippen LogP contribution >= 0.6 is 15.9 Å². The molecular weight excluding hydrogens is 295 g/mol. The van der Waals surface area contributed by atoms with Crippen LogP contribution < -0.4 is 5.32 Å². The fourth-order valence-electron chi connectivity index (χ4n) is 1.37. The number of nitrogens with one attached hydrogen (secondary N) is 1. The van der Waals surface area contributed by atoms with Crippen LogP contribution in [-0.2, 0) is 6.18 Å². The molecule has 1 aromatic rings. The minimum absolute atomic E-state index is 0.161. The Balaban J connectivity index is 2.81.